The van der Waals surface area contributed by atoms with Gasteiger partial charge < -0.3 is 9.72 Å². The van der Waals surface area contributed by atoms with Crippen LogP contribution in [0.4, 0.5) is 0 Å². The van der Waals surface area contributed by atoms with Gasteiger partial charge in [-0.05, 0) is 37.3 Å². The monoisotopic (exact) mass is 367 g/mol. The molecule has 0 radical (unpaired) electrons. The molecule has 0 aliphatic carbocycles. The van der Waals surface area contributed by atoms with Crippen LogP contribution in [0.3, 0.4) is 0 Å². The Morgan fingerprint density at radius 2 is 1.68 bits per heavy atom. The minimum Gasteiger partial charge on any atom is -0.420 e. The zero-order valence-electron chi connectivity index (χ0n) is 15.2. The lowest BCUT2D eigenvalue weighted by atomic mass is 10.2. The van der Waals surface area contributed by atoms with E-state index in [1.165, 1.54) is 0 Å². The Kier molecular flexibility index (Phi) is 3.87. The first-order chi connectivity index (χ1) is 13.8. The summed E-state index contributed by atoms with van der Waals surface area (Å²) in [4.78, 5) is 12.4. The largest absolute Gasteiger partial charge is 0.420 e. The van der Waals surface area contributed by atoms with Gasteiger partial charge in [0.15, 0.2) is 0 Å². The maximum atomic E-state index is 6.20. The molecule has 0 saturated carbocycles. The average Bonchev–Trinajstić information content (AvgIpc) is 3.30. The molecule has 6 heteroatoms. The van der Waals surface area contributed by atoms with E-state index in [0.29, 0.717) is 17.6 Å². The Morgan fingerprint density at radius 3 is 2.46 bits per heavy atom. The van der Waals surface area contributed by atoms with Gasteiger partial charge in [0.2, 0.25) is 11.8 Å². The minimum absolute atomic E-state index is 0.497. The molecule has 0 saturated heterocycles. The lowest BCUT2D eigenvalue weighted by Gasteiger charge is -2.09. The third kappa shape index (κ3) is 2.81. The molecule has 0 aliphatic rings. The van der Waals surface area contributed by atoms with Crippen LogP contribution in [0.2, 0.25) is 0 Å². The van der Waals surface area contributed by atoms with E-state index in [9.17, 15) is 0 Å². The second-order valence-corrected chi connectivity index (χ2v) is 6.39. The van der Waals surface area contributed by atoms with E-state index in [-0.39, 0.29) is 0 Å². The van der Waals surface area contributed by atoms with Crippen molar-refractivity contribution in [3.8, 4) is 28.8 Å². The van der Waals surface area contributed by atoms with E-state index in [1.807, 2.05) is 79.7 Å². The Balaban J connectivity index is 1.72. The van der Waals surface area contributed by atoms with Crippen molar-refractivity contribution in [3.05, 3.63) is 84.7 Å². The number of benzene rings is 2. The van der Waals surface area contributed by atoms with Crippen LogP contribution in [0.25, 0.3) is 28.1 Å². The molecule has 0 bridgehead atoms. The fraction of sp³-hybridized carbons (Fsp3) is 0.0455. The van der Waals surface area contributed by atoms with Gasteiger partial charge in [0.25, 0.3) is 0 Å². The van der Waals surface area contributed by atoms with Gasteiger partial charge in [0.1, 0.15) is 11.4 Å². The quantitative estimate of drug-likeness (QED) is 0.490. The van der Waals surface area contributed by atoms with Crippen molar-refractivity contribution in [1.29, 1.82) is 0 Å². The normalized spacial score (nSPS) is 11.0. The zero-order chi connectivity index (χ0) is 18.9. The molecule has 0 atom stereocenters. The predicted octanol–water partition coefficient (Wildman–Crippen LogP) is 4.91. The number of aromatic nitrogens is 5. The molecule has 0 amide bonds. The van der Waals surface area contributed by atoms with Gasteiger partial charge in [-0.25, -0.2) is 9.97 Å². The van der Waals surface area contributed by atoms with Crippen LogP contribution < -0.4 is 4.74 Å². The first-order valence-electron chi connectivity index (χ1n) is 8.98. The van der Waals surface area contributed by atoms with Crippen molar-refractivity contribution in [2.24, 2.45) is 0 Å². The van der Waals surface area contributed by atoms with Crippen molar-refractivity contribution < 1.29 is 4.74 Å². The molecule has 0 unspecified atom stereocenters. The summed E-state index contributed by atoms with van der Waals surface area (Å²) in [6.07, 6.45) is 1.70. The van der Waals surface area contributed by atoms with E-state index in [0.717, 1.165) is 28.0 Å². The van der Waals surface area contributed by atoms with Crippen LogP contribution in [-0.2, 0) is 0 Å². The number of fused-ring (bicyclic) bond motifs is 1. The molecule has 0 spiro atoms. The van der Waals surface area contributed by atoms with Crippen molar-refractivity contribution in [2.75, 3.05) is 0 Å². The fourth-order valence-electron chi connectivity index (χ4n) is 3.19. The molecule has 136 valence electrons. The molecule has 1 N–H and O–H groups in total. The van der Waals surface area contributed by atoms with E-state index >= 15 is 0 Å². The summed E-state index contributed by atoms with van der Waals surface area (Å²) in [6.45, 7) is 1.95. The number of aryl methyl sites for hydroxylation is 1. The van der Waals surface area contributed by atoms with E-state index < -0.39 is 0 Å². The Hall–Kier alpha value is -3.93. The number of pyridine rings is 1. The first kappa shape index (κ1) is 16.3. The maximum Gasteiger partial charge on any atom is 0.236 e. The third-order valence-corrected chi connectivity index (χ3v) is 4.48. The number of nitrogens with one attached hydrogen (secondary N) is 1. The zero-order valence-corrected chi connectivity index (χ0v) is 15.2. The lowest BCUT2D eigenvalue weighted by Crippen LogP contribution is -2.00. The van der Waals surface area contributed by atoms with Crippen molar-refractivity contribution in [1.82, 2.24) is 24.7 Å². The van der Waals surface area contributed by atoms with Gasteiger partial charge in [0, 0.05) is 12.3 Å². The standard InChI is InChI=1S/C22H17N5O/c1-15-20(21-24-17-11-5-6-12-18(17)25-21)22(28-19-13-7-8-14-23-19)27(26-15)16-9-3-2-4-10-16/h2-14H,1H3,(H,24,25). The molecule has 6 nitrogen and oxygen atoms in total. The molecule has 0 aliphatic heterocycles. The van der Waals surface area contributed by atoms with Crippen molar-refractivity contribution in [3.63, 3.8) is 0 Å². The summed E-state index contributed by atoms with van der Waals surface area (Å²) in [7, 11) is 0. The molecule has 28 heavy (non-hydrogen) atoms. The van der Waals surface area contributed by atoms with Gasteiger partial charge in [-0.2, -0.15) is 9.78 Å². The summed E-state index contributed by atoms with van der Waals surface area (Å²) in [6, 6.07) is 23.4. The topological polar surface area (TPSA) is 68.6 Å². The highest BCUT2D eigenvalue weighted by molar-refractivity contribution is 5.81. The number of hydrogen-bond acceptors (Lipinski definition) is 4. The van der Waals surface area contributed by atoms with Crippen LogP contribution in [0.5, 0.6) is 11.8 Å². The summed E-state index contributed by atoms with van der Waals surface area (Å²) in [5.41, 5.74) is 4.39. The summed E-state index contributed by atoms with van der Waals surface area (Å²) >= 11 is 0. The highest BCUT2D eigenvalue weighted by Gasteiger charge is 2.23. The van der Waals surface area contributed by atoms with Gasteiger partial charge >= 0.3 is 0 Å². The summed E-state index contributed by atoms with van der Waals surface area (Å²) < 4.78 is 7.98. The fourth-order valence-corrected chi connectivity index (χ4v) is 3.19. The molecule has 2 aromatic carbocycles. The van der Waals surface area contributed by atoms with Crippen LogP contribution in [0.1, 0.15) is 5.69 Å². The molecule has 3 aromatic heterocycles. The average molecular weight is 367 g/mol. The summed E-state index contributed by atoms with van der Waals surface area (Å²) in [5, 5.41) is 4.73. The van der Waals surface area contributed by atoms with E-state index in [2.05, 4.69) is 9.97 Å². The Bertz CT molecular complexity index is 1210. The number of nitrogens with zero attached hydrogens (tertiary/aromatic N) is 4. The smallest absolute Gasteiger partial charge is 0.236 e. The van der Waals surface area contributed by atoms with Crippen LogP contribution in [-0.4, -0.2) is 24.7 Å². The molecular weight excluding hydrogens is 350 g/mol. The number of ether oxygens (including phenoxy) is 1. The van der Waals surface area contributed by atoms with Gasteiger partial charge in [-0.15, -0.1) is 0 Å². The molecule has 3 heterocycles. The summed E-state index contributed by atoms with van der Waals surface area (Å²) in [5.74, 6) is 1.78. The maximum absolute atomic E-state index is 6.20. The van der Waals surface area contributed by atoms with Gasteiger partial charge in [-0.3, -0.25) is 0 Å². The molecular formula is C22H17N5O. The highest BCUT2D eigenvalue weighted by atomic mass is 16.5. The van der Waals surface area contributed by atoms with E-state index in [4.69, 9.17) is 14.8 Å². The number of aromatic amines is 1. The predicted molar refractivity (Wildman–Crippen MR) is 108 cm³/mol. The number of imidazole rings is 1. The third-order valence-electron chi connectivity index (χ3n) is 4.48. The minimum atomic E-state index is 0.497. The van der Waals surface area contributed by atoms with Crippen molar-refractivity contribution in [2.45, 2.75) is 6.92 Å². The highest BCUT2D eigenvalue weighted by Crippen LogP contribution is 2.36. The second kappa shape index (κ2) is 6.66. The van der Waals surface area contributed by atoms with Gasteiger partial charge in [-0.1, -0.05) is 36.4 Å². The van der Waals surface area contributed by atoms with Crippen LogP contribution in [0.15, 0.2) is 79.0 Å². The number of hydrogen-bond donors (Lipinski definition) is 1. The number of H-pyrrole nitrogens is 1. The molecule has 5 aromatic rings. The lowest BCUT2D eigenvalue weighted by molar-refractivity contribution is 0.429. The van der Waals surface area contributed by atoms with Crippen LogP contribution in [0, 0.1) is 6.92 Å². The van der Waals surface area contributed by atoms with Gasteiger partial charge in [0.05, 0.1) is 22.4 Å². The number of rotatable bonds is 4. The van der Waals surface area contributed by atoms with Crippen molar-refractivity contribution >= 4 is 11.0 Å². The second-order valence-electron chi connectivity index (χ2n) is 6.39. The molecule has 0 fully saturated rings. The SMILES string of the molecule is Cc1nn(-c2ccccc2)c(Oc2ccccn2)c1-c1nc2ccccc2[nH]1. The van der Waals surface area contributed by atoms with Crippen LogP contribution >= 0.6 is 0 Å². The molecule has 5 rings (SSSR count). The Labute approximate surface area is 161 Å². The Morgan fingerprint density at radius 1 is 0.893 bits per heavy atom. The first-order valence-corrected chi connectivity index (χ1v) is 8.98. The number of para-hydroxylation sites is 3. The van der Waals surface area contributed by atoms with E-state index in [1.54, 1.807) is 10.9 Å².